The van der Waals surface area contributed by atoms with E-state index in [1.54, 1.807) is 18.2 Å². The van der Waals surface area contributed by atoms with Gasteiger partial charge in [0.2, 0.25) is 0 Å². The molecule has 0 fully saturated rings. The number of nitrogen functional groups attached to an aromatic ring is 1. The summed E-state index contributed by atoms with van der Waals surface area (Å²) in [5, 5.41) is 0. The number of rotatable bonds is 1. The van der Waals surface area contributed by atoms with Crippen molar-refractivity contribution in [3.63, 3.8) is 0 Å². The van der Waals surface area contributed by atoms with Gasteiger partial charge < -0.3 is 5.73 Å². The summed E-state index contributed by atoms with van der Waals surface area (Å²) in [5.74, 6) is -1.22. The summed E-state index contributed by atoms with van der Waals surface area (Å²) in [6, 6.07) is 7.53. The van der Waals surface area contributed by atoms with Gasteiger partial charge in [-0.1, -0.05) is 12.1 Å². The lowest BCUT2D eigenvalue weighted by Gasteiger charge is -2.08. The minimum absolute atomic E-state index is 0.0638. The summed E-state index contributed by atoms with van der Waals surface area (Å²) in [4.78, 5) is 0. The van der Waals surface area contributed by atoms with E-state index in [0.717, 1.165) is 5.56 Å². The number of hydrogen-bond acceptors (Lipinski definition) is 1. The van der Waals surface area contributed by atoms with Crippen LogP contribution in [0.3, 0.4) is 0 Å². The zero-order chi connectivity index (χ0) is 12.6. The Morgan fingerprint density at radius 1 is 1.12 bits per heavy atom. The Labute approximate surface area is 106 Å². The van der Waals surface area contributed by atoms with E-state index < -0.39 is 11.6 Å². The highest BCUT2D eigenvalue weighted by Crippen LogP contribution is 2.32. The van der Waals surface area contributed by atoms with Crippen molar-refractivity contribution in [1.29, 1.82) is 0 Å². The molecule has 2 rings (SSSR count). The van der Waals surface area contributed by atoms with Crippen molar-refractivity contribution in [3.8, 4) is 11.1 Å². The van der Waals surface area contributed by atoms with Crippen LogP contribution in [0.15, 0.2) is 34.8 Å². The monoisotopic (exact) mass is 297 g/mol. The summed E-state index contributed by atoms with van der Waals surface area (Å²) in [6.07, 6.45) is 0. The molecule has 0 saturated carbocycles. The van der Waals surface area contributed by atoms with Crippen molar-refractivity contribution >= 4 is 21.6 Å². The van der Waals surface area contributed by atoms with Gasteiger partial charge in [0.15, 0.2) is 0 Å². The predicted octanol–water partition coefficient (Wildman–Crippen LogP) is 4.28. The van der Waals surface area contributed by atoms with Crippen LogP contribution in [0.25, 0.3) is 11.1 Å². The van der Waals surface area contributed by atoms with E-state index in [-0.39, 0.29) is 10.0 Å². The van der Waals surface area contributed by atoms with E-state index in [1.165, 1.54) is 12.1 Å². The van der Waals surface area contributed by atoms with E-state index in [0.29, 0.717) is 11.3 Å². The SMILES string of the molecule is Cc1ccc(-c2c(F)ccc(Br)c2F)cc1N. The topological polar surface area (TPSA) is 26.0 Å². The molecule has 88 valence electrons. The molecule has 2 aromatic rings. The van der Waals surface area contributed by atoms with Crippen LogP contribution in [-0.4, -0.2) is 0 Å². The van der Waals surface area contributed by atoms with Gasteiger partial charge in [0.05, 0.1) is 10.0 Å². The van der Waals surface area contributed by atoms with Crippen LogP contribution in [0.5, 0.6) is 0 Å². The molecule has 17 heavy (non-hydrogen) atoms. The van der Waals surface area contributed by atoms with Crippen LogP contribution >= 0.6 is 15.9 Å². The lowest BCUT2D eigenvalue weighted by atomic mass is 10.0. The van der Waals surface area contributed by atoms with Gasteiger partial charge in [0.25, 0.3) is 0 Å². The lowest BCUT2D eigenvalue weighted by molar-refractivity contribution is 0.585. The highest BCUT2D eigenvalue weighted by molar-refractivity contribution is 9.10. The zero-order valence-corrected chi connectivity index (χ0v) is 10.7. The van der Waals surface area contributed by atoms with Crippen molar-refractivity contribution in [1.82, 2.24) is 0 Å². The fraction of sp³-hybridized carbons (Fsp3) is 0.0769. The summed E-state index contributed by atoms with van der Waals surface area (Å²) in [5.41, 5.74) is 7.50. The fourth-order valence-electron chi connectivity index (χ4n) is 1.59. The molecule has 0 unspecified atom stereocenters. The first-order valence-electron chi connectivity index (χ1n) is 5.00. The third-order valence-electron chi connectivity index (χ3n) is 2.61. The zero-order valence-electron chi connectivity index (χ0n) is 9.10. The van der Waals surface area contributed by atoms with Crippen molar-refractivity contribution < 1.29 is 8.78 Å². The van der Waals surface area contributed by atoms with E-state index in [4.69, 9.17) is 5.73 Å². The standard InChI is InChI=1S/C13H10BrF2N/c1-7-2-3-8(6-11(7)17)12-10(15)5-4-9(14)13(12)16/h2-6H,17H2,1H3. The molecule has 0 heterocycles. The smallest absolute Gasteiger partial charge is 0.148 e. The summed E-state index contributed by atoms with van der Waals surface area (Å²) < 4.78 is 27.7. The van der Waals surface area contributed by atoms with Crippen molar-refractivity contribution in [2.45, 2.75) is 6.92 Å². The Morgan fingerprint density at radius 2 is 1.82 bits per heavy atom. The maximum Gasteiger partial charge on any atom is 0.148 e. The Hall–Kier alpha value is -1.42. The van der Waals surface area contributed by atoms with Gasteiger partial charge >= 0.3 is 0 Å². The second-order valence-electron chi connectivity index (χ2n) is 3.79. The largest absolute Gasteiger partial charge is 0.398 e. The van der Waals surface area contributed by atoms with E-state index in [9.17, 15) is 8.78 Å². The fourth-order valence-corrected chi connectivity index (χ4v) is 1.92. The third-order valence-corrected chi connectivity index (χ3v) is 3.22. The number of benzene rings is 2. The summed E-state index contributed by atoms with van der Waals surface area (Å²) in [7, 11) is 0. The molecule has 0 aromatic heterocycles. The summed E-state index contributed by atoms with van der Waals surface area (Å²) in [6.45, 7) is 1.84. The molecule has 0 radical (unpaired) electrons. The van der Waals surface area contributed by atoms with Gasteiger partial charge in [0.1, 0.15) is 11.6 Å². The predicted molar refractivity (Wildman–Crippen MR) is 68.6 cm³/mol. The number of hydrogen-bond donors (Lipinski definition) is 1. The summed E-state index contributed by atoms with van der Waals surface area (Å²) >= 11 is 3.04. The molecule has 2 N–H and O–H groups in total. The molecule has 0 atom stereocenters. The average molecular weight is 298 g/mol. The van der Waals surface area contributed by atoms with Gasteiger partial charge in [-0.3, -0.25) is 0 Å². The number of nitrogens with two attached hydrogens (primary N) is 1. The minimum Gasteiger partial charge on any atom is -0.398 e. The Bertz CT molecular complexity index is 582. The Balaban J connectivity index is 2.68. The third kappa shape index (κ3) is 2.17. The van der Waals surface area contributed by atoms with Crippen LogP contribution in [0.4, 0.5) is 14.5 Å². The number of halogens is 3. The van der Waals surface area contributed by atoms with E-state index in [2.05, 4.69) is 15.9 Å². The average Bonchev–Trinajstić information content (AvgIpc) is 2.29. The van der Waals surface area contributed by atoms with Crippen molar-refractivity contribution in [3.05, 3.63) is 52.0 Å². The molecule has 0 aliphatic carbocycles. The number of anilines is 1. The minimum atomic E-state index is -0.617. The van der Waals surface area contributed by atoms with Crippen LogP contribution in [-0.2, 0) is 0 Å². The maximum atomic E-state index is 13.9. The van der Waals surface area contributed by atoms with Crippen LogP contribution in [0.1, 0.15) is 5.56 Å². The first-order chi connectivity index (χ1) is 8.00. The van der Waals surface area contributed by atoms with Crippen LogP contribution in [0, 0.1) is 18.6 Å². The molecule has 0 spiro atoms. The molecule has 0 amide bonds. The van der Waals surface area contributed by atoms with Gasteiger partial charge in [0, 0.05) is 5.69 Å². The van der Waals surface area contributed by atoms with Crippen LogP contribution < -0.4 is 5.73 Å². The van der Waals surface area contributed by atoms with Gasteiger partial charge in [-0.25, -0.2) is 8.78 Å². The Kier molecular flexibility index (Phi) is 3.15. The van der Waals surface area contributed by atoms with E-state index in [1.807, 2.05) is 6.92 Å². The molecule has 0 saturated heterocycles. The first kappa shape index (κ1) is 12.0. The second-order valence-corrected chi connectivity index (χ2v) is 4.64. The second kappa shape index (κ2) is 4.45. The van der Waals surface area contributed by atoms with Crippen LogP contribution in [0.2, 0.25) is 0 Å². The Morgan fingerprint density at radius 3 is 2.47 bits per heavy atom. The highest BCUT2D eigenvalue weighted by Gasteiger charge is 2.14. The van der Waals surface area contributed by atoms with Gasteiger partial charge in [-0.05, 0) is 52.2 Å². The maximum absolute atomic E-state index is 13.9. The number of aryl methyl sites for hydroxylation is 1. The molecule has 4 heteroatoms. The lowest BCUT2D eigenvalue weighted by Crippen LogP contribution is -1.94. The molecule has 0 aliphatic heterocycles. The molecule has 0 aliphatic rings. The molecular formula is C13H10BrF2N. The first-order valence-corrected chi connectivity index (χ1v) is 5.80. The highest BCUT2D eigenvalue weighted by atomic mass is 79.9. The molecule has 2 aromatic carbocycles. The molecule has 1 nitrogen and oxygen atoms in total. The van der Waals surface area contributed by atoms with Crippen molar-refractivity contribution in [2.24, 2.45) is 0 Å². The van der Waals surface area contributed by atoms with Gasteiger partial charge in [-0.2, -0.15) is 0 Å². The van der Waals surface area contributed by atoms with E-state index >= 15 is 0 Å². The molecular weight excluding hydrogens is 288 g/mol. The normalized spacial score (nSPS) is 10.6. The quantitative estimate of drug-likeness (QED) is 0.617. The van der Waals surface area contributed by atoms with Crippen molar-refractivity contribution in [2.75, 3.05) is 5.73 Å². The molecule has 0 bridgehead atoms. The van der Waals surface area contributed by atoms with Gasteiger partial charge in [-0.15, -0.1) is 0 Å².